The number of aromatic hydroxyl groups is 1. The van der Waals surface area contributed by atoms with Crippen molar-refractivity contribution < 1.29 is 19.8 Å². The summed E-state index contributed by atoms with van der Waals surface area (Å²) in [6.07, 6.45) is -0.630. The van der Waals surface area contributed by atoms with Crippen LogP contribution in [0.5, 0.6) is 5.75 Å². The summed E-state index contributed by atoms with van der Waals surface area (Å²) < 4.78 is 0. The van der Waals surface area contributed by atoms with Crippen molar-refractivity contribution in [3.63, 3.8) is 0 Å². The third kappa shape index (κ3) is 5.19. The number of benzene rings is 1. The summed E-state index contributed by atoms with van der Waals surface area (Å²) in [5, 5.41) is 25.2. The maximum Gasteiger partial charge on any atom is 0.405 e. The number of phenols is 1. The Kier molecular flexibility index (Phi) is 6.80. The van der Waals surface area contributed by atoms with E-state index in [2.05, 4.69) is 10.2 Å². The van der Waals surface area contributed by atoms with Gasteiger partial charge in [-0.05, 0) is 40.6 Å². The van der Waals surface area contributed by atoms with Crippen LogP contribution in [0.15, 0.2) is 59.3 Å². The molecule has 28 heavy (non-hydrogen) atoms. The summed E-state index contributed by atoms with van der Waals surface area (Å²) in [7, 11) is 0. The normalized spacial score (nSPS) is 13.2. The second kappa shape index (κ2) is 9.50. The average Bonchev–Trinajstić information content (AvgIpc) is 3.36. The number of phenolic OH excluding ortho intramolecular Hbond substituents is 1. The van der Waals surface area contributed by atoms with Gasteiger partial charge in [0.05, 0.1) is 6.04 Å². The fourth-order valence-electron chi connectivity index (χ4n) is 3.10. The Bertz CT molecular complexity index is 843. The van der Waals surface area contributed by atoms with E-state index >= 15 is 0 Å². The molecule has 0 radical (unpaired) electrons. The lowest BCUT2D eigenvalue weighted by molar-refractivity contribution is -0.111. The van der Waals surface area contributed by atoms with Crippen molar-refractivity contribution in [1.29, 1.82) is 0 Å². The van der Waals surface area contributed by atoms with Crippen LogP contribution in [-0.2, 0) is 17.9 Å². The first-order chi connectivity index (χ1) is 13.6. The molecule has 1 amide bonds. The molecule has 2 aromatic heterocycles. The van der Waals surface area contributed by atoms with E-state index < -0.39 is 18.2 Å². The van der Waals surface area contributed by atoms with Crippen LogP contribution in [0.1, 0.15) is 21.4 Å². The van der Waals surface area contributed by atoms with Crippen molar-refractivity contribution >= 4 is 35.1 Å². The van der Waals surface area contributed by atoms with E-state index in [0.717, 1.165) is 15.3 Å². The minimum Gasteiger partial charge on any atom is -0.508 e. The van der Waals surface area contributed by atoms with Crippen LogP contribution in [0.4, 0.5) is 4.79 Å². The van der Waals surface area contributed by atoms with Gasteiger partial charge in [-0.25, -0.2) is 4.79 Å². The summed E-state index contributed by atoms with van der Waals surface area (Å²) in [6.45, 7) is 1.12. The number of hydrogen-bond acceptors (Lipinski definition) is 6. The number of rotatable bonds is 9. The van der Waals surface area contributed by atoms with Crippen LogP contribution < -0.4 is 5.32 Å². The topological polar surface area (TPSA) is 89.9 Å². The standard InChI is InChI=1S/C20H20N2O4S2/c23-13-18(21-20(25)26)19(14-5-7-15(24)8-6-14)22(11-16-3-1-9-27-16)12-17-4-2-10-28-17/h1-10,13,18-19,21,24H,11-12H2,(H,25,26)/t18-,19?/m1/s1. The van der Waals surface area contributed by atoms with Crippen molar-refractivity contribution in [1.82, 2.24) is 10.2 Å². The lowest BCUT2D eigenvalue weighted by atomic mass is 9.97. The summed E-state index contributed by atoms with van der Waals surface area (Å²) in [5.74, 6) is 0.111. The Balaban J connectivity index is 2.01. The number of carbonyl (C=O) groups excluding carboxylic acids is 1. The van der Waals surface area contributed by atoms with Gasteiger partial charge in [0.25, 0.3) is 0 Å². The van der Waals surface area contributed by atoms with Crippen molar-refractivity contribution in [2.75, 3.05) is 0 Å². The highest BCUT2D eigenvalue weighted by Crippen LogP contribution is 2.30. The smallest absolute Gasteiger partial charge is 0.405 e. The van der Waals surface area contributed by atoms with Crippen LogP contribution >= 0.6 is 22.7 Å². The Morgan fingerprint density at radius 3 is 2.04 bits per heavy atom. The molecule has 0 saturated heterocycles. The molecule has 3 rings (SSSR count). The minimum atomic E-state index is -1.26. The quantitative estimate of drug-likeness (QED) is 0.457. The van der Waals surface area contributed by atoms with Crippen molar-refractivity contribution in [3.05, 3.63) is 74.6 Å². The molecule has 0 aliphatic carbocycles. The van der Waals surface area contributed by atoms with Gasteiger partial charge in [-0.15, -0.1) is 22.7 Å². The second-order valence-corrected chi connectivity index (χ2v) is 8.28. The molecule has 0 spiro atoms. The van der Waals surface area contributed by atoms with Crippen LogP contribution in [0.2, 0.25) is 0 Å². The number of hydrogen-bond donors (Lipinski definition) is 3. The predicted molar refractivity (Wildman–Crippen MR) is 110 cm³/mol. The number of carboxylic acid groups (broad SMARTS) is 1. The predicted octanol–water partition coefficient (Wildman–Crippen LogP) is 4.09. The number of carbonyl (C=O) groups is 2. The molecule has 2 heterocycles. The molecule has 6 nitrogen and oxygen atoms in total. The van der Waals surface area contributed by atoms with Gasteiger partial charge in [0, 0.05) is 22.8 Å². The lowest BCUT2D eigenvalue weighted by Gasteiger charge is -2.35. The number of nitrogens with one attached hydrogen (secondary N) is 1. The second-order valence-electron chi connectivity index (χ2n) is 6.21. The Hall–Kier alpha value is -2.68. The number of aldehydes is 1. The van der Waals surface area contributed by atoms with Crippen molar-refractivity contribution in [3.8, 4) is 5.75 Å². The van der Waals surface area contributed by atoms with Gasteiger partial charge < -0.3 is 20.3 Å². The monoisotopic (exact) mass is 416 g/mol. The van der Waals surface area contributed by atoms with Gasteiger partial charge >= 0.3 is 6.09 Å². The van der Waals surface area contributed by atoms with E-state index in [4.69, 9.17) is 0 Å². The van der Waals surface area contributed by atoms with Crippen LogP contribution in [0, 0.1) is 0 Å². The van der Waals surface area contributed by atoms with Crippen molar-refractivity contribution in [2.45, 2.75) is 25.2 Å². The third-order valence-electron chi connectivity index (χ3n) is 4.28. The van der Waals surface area contributed by atoms with E-state index in [1.165, 1.54) is 0 Å². The van der Waals surface area contributed by atoms with Gasteiger partial charge in [-0.1, -0.05) is 24.3 Å². The van der Waals surface area contributed by atoms with Crippen LogP contribution in [-0.4, -0.2) is 33.5 Å². The molecule has 2 atom stereocenters. The van der Waals surface area contributed by atoms with Crippen LogP contribution in [0.25, 0.3) is 0 Å². The summed E-state index contributed by atoms with van der Waals surface area (Å²) >= 11 is 3.22. The van der Waals surface area contributed by atoms with Crippen LogP contribution in [0.3, 0.4) is 0 Å². The molecule has 1 unspecified atom stereocenters. The molecule has 0 bridgehead atoms. The fraction of sp³-hybridized carbons (Fsp3) is 0.200. The zero-order valence-electron chi connectivity index (χ0n) is 14.9. The molecule has 3 aromatic rings. The molecule has 0 fully saturated rings. The molecule has 1 aromatic carbocycles. The highest BCUT2D eigenvalue weighted by molar-refractivity contribution is 7.10. The van der Waals surface area contributed by atoms with Gasteiger partial charge in [0.2, 0.25) is 0 Å². The maximum atomic E-state index is 11.8. The molecule has 146 valence electrons. The van der Waals surface area contributed by atoms with Crippen molar-refractivity contribution in [2.24, 2.45) is 0 Å². The lowest BCUT2D eigenvalue weighted by Crippen LogP contribution is -2.46. The molecule has 0 saturated carbocycles. The third-order valence-corrected chi connectivity index (χ3v) is 6.01. The van der Waals surface area contributed by atoms with E-state index in [0.29, 0.717) is 19.4 Å². The fourth-order valence-corrected chi connectivity index (χ4v) is 4.56. The number of nitrogens with zero attached hydrogens (tertiary/aromatic N) is 1. The molecular formula is C20H20N2O4S2. The first-order valence-corrected chi connectivity index (χ1v) is 10.3. The van der Waals surface area contributed by atoms with E-state index in [-0.39, 0.29) is 5.75 Å². The van der Waals surface area contributed by atoms with E-state index in [1.807, 2.05) is 35.0 Å². The Morgan fingerprint density at radius 1 is 1.04 bits per heavy atom. The molecule has 3 N–H and O–H groups in total. The first-order valence-electron chi connectivity index (χ1n) is 8.59. The number of amides is 1. The van der Waals surface area contributed by atoms with E-state index in [1.54, 1.807) is 46.9 Å². The highest BCUT2D eigenvalue weighted by atomic mass is 32.1. The summed E-state index contributed by atoms with van der Waals surface area (Å²) in [5.41, 5.74) is 0.747. The molecule has 8 heteroatoms. The SMILES string of the molecule is O=C[C@@H](NC(=O)O)C(c1ccc(O)cc1)N(Cc1cccs1)Cc1cccs1. The molecular weight excluding hydrogens is 396 g/mol. The van der Waals surface area contributed by atoms with Gasteiger partial charge in [0.15, 0.2) is 0 Å². The maximum absolute atomic E-state index is 11.8. The summed E-state index contributed by atoms with van der Waals surface area (Å²) in [6, 6.07) is 13.0. The van der Waals surface area contributed by atoms with Gasteiger partial charge in [-0.3, -0.25) is 4.90 Å². The van der Waals surface area contributed by atoms with Gasteiger partial charge in [0.1, 0.15) is 18.1 Å². The molecule has 0 aliphatic rings. The zero-order chi connectivity index (χ0) is 19.9. The molecule has 0 aliphatic heterocycles. The average molecular weight is 417 g/mol. The van der Waals surface area contributed by atoms with E-state index in [9.17, 15) is 19.8 Å². The Morgan fingerprint density at radius 2 is 1.61 bits per heavy atom. The highest BCUT2D eigenvalue weighted by Gasteiger charge is 2.31. The largest absolute Gasteiger partial charge is 0.508 e. The Labute approximate surface area is 170 Å². The first kappa shape index (κ1) is 20.1. The van der Waals surface area contributed by atoms with Gasteiger partial charge in [-0.2, -0.15) is 0 Å². The number of thiophene rings is 2. The summed E-state index contributed by atoms with van der Waals surface area (Å²) in [4.78, 5) is 27.4. The minimum absolute atomic E-state index is 0.111. The zero-order valence-corrected chi connectivity index (χ0v) is 16.5.